The van der Waals surface area contributed by atoms with E-state index in [2.05, 4.69) is 157 Å². The van der Waals surface area contributed by atoms with E-state index in [-0.39, 0.29) is 5.41 Å². The van der Waals surface area contributed by atoms with Gasteiger partial charge in [0.1, 0.15) is 8.07 Å². The Kier molecular flexibility index (Phi) is 9.31. The molecule has 0 aromatic heterocycles. The Balaban J connectivity index is 2.23. The number of hydrogen-bond acceptors (Lipinski definition) is 1. The van der Waals surface area contributed by atoms with Crippen molar-refractivity contribution in [3.63, 3.8) is 0 Å². The zero-order chi connectivity index (χ0) is 27.3. The Morgan fingerprint density at radius 2 is 1.05 bits per heavy atom. The molecule has 0 aliphatic rings. The third kappa shape index (κ3) is 7.24. The Morgan fingerprint density at radius 3 is 1.35 bits per heavy atom. The molecule has 0 spiro atoms. The zero-order valence-corrected chi connectivity index (χ0v) is 27.6. The van der Waals surface area contributed by atoms with Crippen molar-refractivity contribution in [1.82, 2.24) is 0 Å². The van der Waals surface area contributed by atoms with Gasteiger partial charge in [0.05, 0.1) is 5.76 Å². The van der Waals surface area contributed by atoms with Crippen molar-refractivity contribution in [3.8, 4) is 0 Å². The van der Waals surface area contributed by atoms with Crippen LogP contribution >= 0.6 is 0 Å². The van der Waals surface area contributed by atoms with E-state index < -0.39 is 24.5 Å². The summed E-state index contributed by atoms with van der Waals surface area (Å²) in [5, 5.41) is 5.20. The summed E-state index contributed by atoms with van der Waals surface area (Å²) in [5.41, 5.74) is 0.0156. The molecule has 1 nitrogen and oxygen atoms in total. The molecule has 0 fully saturated rings. The highest BCUT2D eigenvalue weighted by Crippen LogP contribution is 2.38. The van der Waals surface area contributed by atoms with Crippen LogP contribution in [0.5, 0.6) is 0 Å². The molecule has 4 heteroatoms. The molecular formula is C33H48OSi3. The number of allylic oxidation sites excluding steroid dienone is 2. The summed E-state index contributed by atoms with van der Waals surface area (Å²) in [6.07, 6.45) is 4.66. The van der Waals surface area contributed by atoms with E-state index in [4.69, 9.17) is 4.43 Å². The lowest BCUT2D eigenvalue weighted by Crippen LogP contribution is -2.73. The number of hydrogen-bond donors (Lipinski definition) is 0. The highest BCUT2D eigenvalue weighted by Gasteiger charge is 2.50. The summed E-state index contributed by atoms with van der Waals surface area (Å²) in [5.74, 6) is 1.17. The second-order valence-corrected chi connectivity index (χ2v) is 27.9. The van der Waals surface area contributed by atoms with Crippen molar-refractivity contribution in [2.24, 2.45) is 5.41 Å². The SMILES string of the molecule is CC(C)(C)/C(=C\CCC([Si](C)(C)C)[Si](c1ccccc1)(c1ccccc1)c1ccccc1)O[Si](C)(C)C. The lowest BCUT2D eigenvalue weighted by molar-refractivity contribution is 0.286. The van der Waals surface area contributed by atoms with Gasteiger partial charge in [-0.05, 0) is 52.9 Å². The van der Waals surface area contributed by atoms with Crippen LogP contribution in [-0.2, 0) is 4.43 Å². The first-order valence-electron chi connectivity index (χ1n) is 13.8. The quantitative estimate of drug-likeness (QED) is 0.143. The summed E-state index contributed by atoms with van der Waals surface area (Å²) in [6.45, 7) is 21.5. The third-order valence-corrected chi connectivity index (χ3v) is 19.4. The van der Waals surface area contributed by atoms with Gasteiger partial charge >= 0.3 is 0 Å². The number of benzene rings is 3. The van der Waals surface area contributed by atoms with Crippen LogP contribution in [0.25, 0.3) is 0 Å². The molecule has 37 heavy (non-hydrogen) atoms. The number of rotatable bonds is 10. The second-order valence-electron chi connectivity index (χ2n) is 13.4. The first kappa shape index (κ1) is 29.4. The monoisotopic (exact) mass is 544 g/mol. The van der Waals surface area contributed by atoms with Crippen molar-refractivity contribution in [1.29, 1.82) is 0 Å². The average molecular weight is 545 g/mol. The molecule has 0 amide bonds. The predicted molar refractivity (Wildman–Crippen MR) is 172 cm³/mol. The smallest absolute Gasteiger partial charge is 0.241 e. The lowest BCUT2D eigenvalue weighted by Gasteiger charge is -2.46. The maximum atomic E-state index is 6.63. The summed E-state index contributed by atoms with van der Waals surface area (Å²) < 4.78 is 6.63. The molecule has 198 valence electrons. The second kappa shape index (κ2) is 11.7. The maximum absolute atomic E-state index is 6.63. The van der Waals surface area contributed by atoms with E-state index in [1.807, 2.05) is 0 Å². The van der Waals surface area contributed by atoms with E-state index in [0.29, 0.717) is 5.16 Å². The molecule has 0 N–H and O–H groups in total. The molecule has 0 bridgehead atoms. The van der Waals surface area contributed by atoms with Crippen LogP contribution < -0.4 is 15.6 Å². The fraction of sp³-hybridized carbons (Fsp3) is 0.394. The molecule has 1 unspecified atom stereocenters. The Morgan fingerprint density at radius 1 is 0.676 bits per heavy atom. The predicted octanol–water partition coefficient (Wildman–Crippen LogP) is 7.97. The van der Waals surface area contributed by atoms with Crippen molar-refractivity contribution in [2.75, 3.05) is 0 Å². The molecule has 1 atom stereocenters. The van der Waals surface area contributed by atoms with Crippen molar-refractivity contribution < 1.29 is 4.43 Å². The summed E-state index contributed by atoms with van der Waals surface area (Å²) >= 11 is 0. The van der Waals surface area contributed by atoms with Gasteiger partial charge in [0.2, 0.25) is 8.32 Å². The Bertz CT molecular complexity index is 1040. The van der Waals surface area contributed by atoms with Crippen LogP contribution in [0.3, 0.4) is 0 Å². The van der Waals surface area contributed by atoms with Gasteiger partial charge in [0, 0.05) is 13.5 Å². The van der Waals surface area contributed by atoms with Crippen LogP contribution in [0.2, 0.25) is 44.4 Å². The zero-order valence-electron chi connectivity index (χ0n) is 24.6. The van der Waals surface area contributed by atoms with Crippen LogP contribution in [0.15, 0.2) is 103 Å². The Labute approximate surface area is 230 Å². The minimum Gasteiger partial charge on any atom is -0.547 e. The molecular weight excluding hydrogens is 497 g/mol. The van der Waals surface area contributed by atoms with Gasteiger partial charge in [-0.1, -0.05) is 138 Å². The van der Waals surface area contributed by atoms with Crippen LogP contribution in [0, 0.1) is 5.41 Å². The molecule has 3 aromatic carbocycles. The van der Waals surface area contributed by atoms with Crippen LogP contribution in [-0.4, -0.2) is 24.5 Å². The topological polar surface area (TPSA) is 9.23 Å². The lowest BCUT2D eigenvalue weighted by atomic mass is 9.93. The van der Waals surface area contributed by atoms with E-state index in [1.165, 1.54) is 27.7 Å². The van der Waals surface area contributed by atoms with Gasteiger partial charge in [0.15, 0.2) is 0 Å². The van der Waals surface area contributed by atoms with Gasteiger partial charge in [-0.15, -0.1) is 0 Å². The van der Waals surface area contributed by atoms with Crippen molar-refractivity contribution >= 4 is 40.0 Å². The van der Waals surface area contributed by atoms with Crippen LogP contribution in [0.4, 0.5) is 0 Å². The molecule has 3 aromatic rings. The molecule has 0 saturated carbocycles. The van der Waals surface area contributed by atoms with Crippen molar-refractivity contribution in [2.45, 2.75) is 78.1 Å². The van der Waals surface area contributed by atoms with Crippen molar-refractivity contribution in [3.05, 3.63) is 103 Å². The Hall–Kier alpha value is -2.15. The summed E-state index contributed by atoms with van der Waals surface area (Å²) in [6, 6.07) is 34.4. The average Bonchev–Trinajstić information content (AvgIpc) is 2.83. The highest BCUT2D eigenvalue weighted by molar-refractivity contribution is 7.18. The standard InChI is InChI=1S/C33H48OSi3/c1-33(2,3)31(34-36(7,8)9)26-19-27-32(35(4,5)6)37(28-20-13-10-14-21-28,29-22-15-11-16-23-29)30-24-17-12-18-25-30/h10-18,20-26,32H,19,27H2,1-9H3/b31-26+. The highest BCUT2D eigenvalue weighted by atomic mass is 28.4. The van der Waals surface area contributed by atoms with Gasteiger partial charge in [-0.25, -0.2) is 0 Å². The maximum Gasteiger partial charge on any atom is 0.241 e. The third-order valence-electron chi connectivity index (χ3n) is 7.20. The van der Waals surface area contributed by atoms with E-state index in [1.54, 1.807) is 0 Å². The fourth-order valence-electron chi connectivity index (χ4n) is 5.72. The first-order chi connectivity index (χ1) is 17.3. The minimum atomic E-state index is -2.35. The molecule has 0 saturated heterocycles. The molecule has 0 radical (unpaired) electrons. The van der Waals surface area contributed by atoms with Gasteiger partial charge in [-0.2, -0.15) is 0 Å². The van der Waals surface area contributed by atoms with Gasteiger partial charge in [0.25, 0.3) is 0 Å². The minimum absolute atomic E-state index is 0.0156. The fourth-order valence-corrected chi connectivity index (χ4v) is 19.5. The molecule has 0 aliphatic carbocycles. The summed E-state index contributed by atoms with van der Waals surface area (Å²) in [4.78, 5) is 0. The van der Waals surface area contributed by atoms with E-state index >= 15 is 0 Å². The summed E-state index contributed by atoms with van der Waals surface area (Å²) in [7, 11) is -5.68. The normalized spacial score (nSPS) is 14.4. The largest absolute Gasteiger partial charge is 0.547 e. The van der Waals surface area contributed by atoms with Gasteiger partial charge < -0.3 is 4.43 Å². The van der Waals surface area contributed by atoms with E-state index in [0.717, 1.165) is 6.42 Å². The van der Waals surface area contributed by atoms with Gasteiger partial charge in [-0.3, -0.25) is 0 Å². The molecule has 3 rings (SSSR count). The van der Waals surface area contributed by atoms with E-state index in [9.17, 15) is 0 Å². The van der Waals surface area contributed by atoms with Crippen LogP contribution in [0.1, 0.15) is 33.6 Å². The molecule has 0 heterocycles. The first-order valence-corrected chi connectivity index (χ1v) is 22.9. The molecule has 0 aliphatic heterocycles.